The van der Waals surface area contributed by atoms with Crippen LogP contribution in [0, 0.1) is 0 Å². The molecule has 1 amide bonds. The number of furan rings is 1. The minimum absolute atomic E-state index is 0.00577. The van der Waals surface area contributed by atoms with Gasteiger partial charge in [-0.3, -0.25) is 4.79 Å². The van der Waals surface area contributed by atoms with Crippen molar-refractivity contribution in [3.8, 4) is 0 Å². The summed E-state index contributed by atoms with van der Waals surface area (Å²) in [5.41, 5.74) is -1.00. The molecule has 2 aromatic heterocycles. The lowest BCUT2D eigenvalue weighted by Crippen LogP contribution is -2.23. The number of nitrogens with one attached hydrogen (secondary N) is 1. The maximum Gasteiger partial charge on any atom is 0.417 e. The summed E-state index contributed by atoms with van der Waals surface area (Å²) >= 11 is 6.71. The summed E-state index contributed by atoms with van der Waals surface area (Å²) in [7, 11) is 0. The molecule has 1 N–H and O–H groups in total. The third kappa shape index (κ3) is 4.87. The normalized spacial score (nSPS) is 12.8. The highest BCUT2D eigenvalue weighted by atomic mass is 35.5. The minimum atomic E-state index is -4.61. The molecule has 0 fully saturated rings. The number of hydrogen-bond acceptors (Lipinski definition) is 5. The van der Waals surface area contributed by atoms with Gasteiger partial charge in [-0.15, -0.1) is 10.2 Å². The Morgan fingerprint density at radius 1 is 1.39 bits per heavy atom. The van der Waals surface area contributed by atoms with Gasteiger partial charge in [-0.1, -0.05) is 23.4 Å². The molecule has 0 aliphatic heterocycles. The van der Waals surface area contributed by atoms with Gasteiger partial charge in [0.1, 0.15) is 12.1 Å². The maximum atomic E-state index is 12.9. The van der Waals surface area contributed by atoms with E-state index in [1.165, 1.54) is 12.4 Å². The van der Waals surface area contributed by atoms with Gasteiger partial charge in [0.2, 0.25) is 5.91 Å². The van der Waals surface area contributed by atoms with Gasteiger partial charge in [-0.25, -0.2) is 0 Å². The van der Waals surface area contributed by atoms with Gasteiger partial charge in [0.15, 0.2) is 5.16 Å². The smallest absolute Gasteiger partial charge is 0.417 e. The number of carbonyl (C=O) groups excluding carboxylic acids is 1. The summed E-state index contributed by atoms with van der Waals surface area (Å²) in [5.74, 6) is 0.215. The van der Waals surface area contributed by atoms with Crippen LogP contribution in [0.4, 0.5) is 18.9 Å². The van der Waals surface area contributed by atoms with Crippen molar-refractivity contribution < 1.29 is 22.4 Å². The highest BCUT2D eigenvalue weighted by Gasteiger charge is 2.33. The van der Waals surface area contributed by atoms with E-state index in [0.29, 0.717) is 17.5 Å². The van der Waals surface area contributed by atoms with Crippen LogP contribution < -0.4 is 5.32 Å². The van der Waals surface area contributed by atoms with E-state index in [0.717, 1.165) is 23.9 Å². The van der Waals surface area contributed by atoms with E-state index in [2.05, 4.69) is 15.5 Å². The van der Waals surface area contributed by atoms with Gasteiger partial charge in [0.05, 0.1) is 28.6 Å². The van der Waals surface area contributed by atoms with E-state index < -0.39 is 27.9 Å². The number of aromatic nitrogens is 3. The molecule has 3 aromatic rings. The molecule has 1 atom stereocenters. The van der Waals surface area contributed by atoms with Crippen molar-refractivity contribution in [2.24, 2.45) is 0 Å². The van der Waals surface area contributed by atoms with E-state index in [4.69, 9.17) is 16.0 Å². The molecular formula is C17H14ClF3N4O2S. The fraction of sp³-hybridized carbons (Fsp3) is 0.235. The van der Waals surface area contributed by atoms with Crippen LogP contribution in [0.15, 0.2) is 52.5 Å². The predicted molar refractivity (Wildman–Crippen MR) is 98.2 cm³/mol. The Morgan fingerprint density at radius 2 is 2.18 bits per heavy atom. The Kier molecular flexibility index (Phi) is 5.99. The molecule has 0 radical (unpaired) electrons. The van der Waals surface area contributed by atoms with Crippen LogP contribution in [-0.2, 0) is 17.5 Å². The van der Waals surface area contributed by atoms with E-state index in [1.807, 2.05) is 0 Å². The molecule has 28 heavy (non-hydrogen) atoms. The monoisotopic (exact) mass is 430 g/mol. The van der Waals surface area contributed by atoms with Crippen molar-refractivity contribution in [1.82, 2.24) is 14.8 Å². The molecule has 2 heterocycles. The number of hydrogen-bond donors (Lipinski definition) is 1. The topological polar surface area (TPSA) is 73.0 Å². The first kappa shape index (κ1) is 20.3. The highest BCUT2D eigenvalue weighted by Crippen LogP contribution is 2.36. The number of benzene rings is 1. The van der Waals surface area contributed by atoms with Crippen LogP contribution >= 0.6 is 23.4 Å². The Hall–Kier alpha value is -2.46. The second-order valence-electron chi connectivity index (χ2n) is 5.76. The first-order valence-electron chi connectivity index (χ1n) is 7.98. The molecule has 0 spiro atoms. The zero-order valence-electron chi connectivity index (χ0n) is 14.4. The van der Waals surface area contributed by atoms with E-state index in [1.54, 1.807) is 29.9 Å². The molecule has 0 saturated heterocycles. The van der Waals surface area contributed by atoms with E-state index >= 15 is 0 Å². The second-order valence-corrected chi connectivity index (χ2v) is 7.48. The molecular weight excluding hydrogens is 417 g/mol. The number of carbonyl (C=O) groups is 1. The van der Waals surface area contributed by atoms with Gasteiger partial charge < -0.3 is 14.3 Å². The van der Waals surface area contributed by atoms with Gasteiger partial charge >= 0.3 is 6.18 Å². The molecule has 3 rings (SSSR count). The molecule has 0 bridgehead atoms. The van der Waals surface area contributed by atoms with Crippen molar-refractivity contribution >= 4 is 35.0 Å². The summed E-state index contributed by atoms with van der Waals surface area (Å²) in [6.07, 6.45) is -1.56. The average molecular weight is 431 g/mol. The first-order chi connectivity index (χ1) is 13.2. The van der Waals surface area contributed by atoms with Crippen LogP contribution in [0.5, 0.6) is 0 Å². The summed E-state index contributed by atoms with van der Waals surface area (Å²) in [6, 6.07) is 6.76. The minimum Gasteiger partial charge on any atom is -0.467 e. The van der Waals surface area contributed by atoms with Crippen molar-refractivity contribution in [2.45, 2.75) is 30.1 Å². The lowest BCUT2D eigenvalue weighted by atomic mass is 10.2. The third-order valence-corrected chi connectivity index (χ3v) is 5.10. The Bertz CT molecular complexity index is 960. The predicted octanol–water partition coefficient (Wildman–Crippen LogP) is 4.71. The maximum absolute atomic E-state index is 12.9. The van der Waals surface area contributed by atoms with Crippen LogP contribution in [0.1, 0.15) is 18.2 Å². The number of rotatable bonds is 6. The second kappa shape index (κ2) is 8.27. The zero-order chi connectivity index (χ0) is 20.3. The number of amides is 1. The fourth-order valence-electron chi connectivity index (χ4n) is 2.29. The van der Waals surface area contributed by atoms with E-state index in [-0.39, 0.29) is 5.69 Å². The van der Waals surface area contributed by atoms with Gasteiger partial charge in [-0.05, 0) is 37.3 Å². The van der Waals surface area contributed by atoms with Crippen LogP contribution in [0.3, 0.4) is 0 Å². The van der Waals surface area contributed by atoms with Crippen LogP contribution in [0.25, 0.3) is 0 Å². The Morgan fingerprint density at radius 3 is 2.86 bits per heavy atom. The number of anilines is 1. The third-order valence-electron chi connectivity index (χ3n) is 3.68. The Balaban J connectivity index is 1.67. The van der Waals surface area contributed by atoms with Gasteiger partial charge in [-0.2, -0.15) is 13.2 Å². The number of alkyl halides is 3. The lowest BCUT2D eigenvalue weighted by molar-refractivity contribution is -0.137. The summed E-state index contributed by atoms with van der Waals surface area (Å²) < 4.78 is 45.8. The quantitative estimate of drug-likeness (QED) is 0.573. The zero-order valence-corrected chi connectivity index (χ0v) is 16.0. The fourth-order valence-corrected chi connectivity index (χ4v) is 3.34. The van der Waals surface area contributed by atoms with Crippen LogP contribution in [-0.4, -0.2) is 25.9 Å². The van der Waals surface area contributed by atoms with Gasteiger partial charge in [0, 0.05) is 5.69 Å². The first-order valence-corrected chi connectivity index (χ1v) is 9.24. The summed E-state index contributed by atoms with van der Waals surface area (Å²) in [4.78, 5) is 12.4. The van der Waals surface area contributed by atoms with Crippen molar-refractivity contribution in [3.05, 3.63) is 59.3 Å². The summed E-state index contributed by atoms with van der Waals surface area (Å²) in [6.45, 7) is 2.01. The average Bonchev–Trinajstić information content (AvgIpc) is 3.28. The standard InChI is InChI=1S/C17H14ClF3N4O2S/c1-10(28-16-24-22-9-25(16)8-12-3-2-6-27-12)15(26)23-11-4-5-14(18)13(7-11)17(19,20)21/h2-7,9-10H,8H2,1H3,(H,23,26). The van der Waals surface area contributed by atoms with E-state index in [9.17, 15) is 18.0 Å². The number of nitrogens with zero attached hydrogens (tertiary/aromatic N) is 3. The lowest BCUT2D eigenvalue weighted by Gasteiger charge is -2.14. The molecule has 1 aromatic carbocycles. The molecule has 1 unspecified atom stereocenters. The molecule has 148 valence electrons. The van der Waals surface area contributed by atoms with Crippen molar-refractivity contribution in [3.63, 3.8) is 0 Å². The summed E-state index contributed by atoms with van der Waals surface area (Å²) in [5, 5.41) is 9.67. The van der Waals surface area contributed by atoms with Crippen molar-refractivity contribution in [1.29, 1.82) is 0 Å². The number of thioether (sulfide) groups is 1. The molecule has 11 heteroatoms. The number of halogens is 4. The molecule has 0 aliphatic carbocycles. The Labute approximate surface area is 167 Å². The SMILES string of the molecule is CC(Sc1nncn1Cc1ccco1)C(=O)Nc1ccc(Cl)c(C(F)(F)F)c1. The largest absolute Gasteiger partial charge is 0.467 e. The molecule has 0 aliphatic rings. The molecule has 0 saturated carbocycles. The molecule has 6 nitrogen and oxygen atoms in total. The van der Waals surface area contributed by atoms with Crippen molar-refractivity contribution in [2.75, 3.05) is 5.32 Å². The highest BCUT2D eigenvalue weighted by molar-refractivity contribution is 8.00. The van der Waals surface area contributed by atoms with Gasteiger partial charge in [0.25, 0.3) is 0 Å². The van der Waals surface area contributed by atoms with Crippen LogP contribution in [0.2, 0.25) is 5.02 Å².